The third-order valence-electron chi connectivity index (χ3n) is 3.62. The summed E-state index contributed by atoms with van der Waals surface area (Å²) in [4.78, 5) is 34.1. The number of primary amides is 1. The van der Waals surface area contributed by atoms with Gasteiger partial charge in [-0.3, -0.25) is 9.48 Å². The SMILES string of the molecule is CC(C)(C(=O)O)n1cc(NC(=O)c2ccc(CNC(N)=O)cc2)cn1. The lowest BCUT2D eigenvalue weighted by atomic mass is 10.1. The van der Waals surface area contributed by atoms with Crippen LogP contribution in [0.15, 0.2) is 36.7 Å². The first kappa shape index (κ1) is 18.0. The highest BCUT2D eigenvalue weighted by atomic mass is 16.4. The Labute approximate surface area is 143 Å². The Morgan fingerprint density at radius 1 is 1.24 bits per heavy atom. The molecule has 0 spiro atoms. The molecule has 0 aliphatic heterocycles. The van der Waals surface area contributed by atoms with E-state index < -0.39 is 17.5 Å². The zero-order chi connectivity index (χ0) is 18.6. The molecular weight excluding hydrogens is 326 g/mol. The second kappa shape index (κ2) is 7.04. The molecule has 0 radical (unpaired) electrons. The Morgan fingerprint density at radius 2 is 1.88 bits per heavy atom. The molecule has 1 aromatic carbocycles. The maximum absolute atomic E-state index is 12.2. The van der Waals surface area contributed by atoms with Crippen molar-refractivity contribution in [2.45, 2.75) is 25.9 Å². The van der Waals surface area contributed by atoms with E-state index in [-0.39, 0.29) is 12.5 Å². The number of amides is 3. The molecule has 3 amide bonds. The number of rotatable bonds is 6. The number of benzene rings is 1. The molecule has 0 bridgehead atoms. The molecule has 0 aliphatic carbocycles. The van der Waals surface area contributed by atoms with E-state index in [4.69, 9.17) is 5.73 Å². The number of urea groups is 1. The molecule has 0 saturated carbocycles. The molecule has 5 N–H and O–H groups in total. The van der Waals surface area contributed by atoms with Crippen molar-refractivity contribution < 1.29 is 19.5 Å². The number of aliphatic carboxylic acids is 1. The predicted octanol–water partition coefficient (Wildman–Crippen LogP) is 1.12. The van der Waals surface area contributed by atoms with Crippen LogP contribution < -0.4 is 16.4 Å². The van der Waals surface area contributed by atoms with Gasteiger partial charge in [0, 0.05) is 18.3 Å². The first-order valence-corrected chi connectivity index (χ1v) is 7.42. The molecule has 0 aliphatic rings. The van der Waals surface area contributed by atoms with Crippen molar-refractivity contribution in [2.24, 2.45) is 5.73 Å². The van der Waals surface area contributed by atoms with Crippen molar-refractivity contribution in [1.29, 1.82) is 0 Å². The number of nitrogens with zero attached hydrogens (tertiary/aromatic N) is 2. The van der Waals surface area contributed by atoms with Crippen molar-refractivity contribution in [3.63, 3.8) is 0 Å². The van der Waals surface area contributed by atoms with Gasteiger partial charge >= 0.3 is 12.0 Å². The van der Waals surface area contributed by atoms with Crippen LogP contribution in [0.3, 0.4) is 0 Å². The largest absolute Gasteiger partial charge is 0.479 e. The minimum Gasteiger partial charge on any atom is -0.479 e. The van der Waals surface area contributed by atoms with Gasteiger partial charge in [-0.25, -0.2) is 9.59 Å². The summed E-state index contributed by atoms with van der Waals surface area (Å²) in [7, 11) is 0. The Kier molecular flexibility index (Phi) is 5.06. The molecule has 1 heterocycles. The first-order valence-electron chi connectivity index (χ1n) is 7.42. The Balaban J connectivity index is 2.04. The fraction of sp³-hybridized carbons (Fsp3) is 0.250. The predicted molar refractivity (Wildman–Crippen MR) is 90.0 cm³/mol. The lowest BCUT2D eigenvalue weighted by molar-refractivity contribution is -0.146. The fourth-order valence-corrected chi connectivity index (χ4v) is 1.96. The molecule has 132 valence electrons. The number of nitrogens with two attached hydrogens (primary N) is 1. The number of nitrogens with one attached hydrogen (secondary N) is 2. The summed E-state index contributed by atoms with van der Waals surface area (Å²) in [6.45, 7) is 3.29. The van der Waals surface area contributed by atoms with Gasteiger partial charge in [-0.15, -0.1) is 0 Å². The molecule has 0 saturated heterocycles. The van der Waals surface area contributed by atoms with E-state index in [1.807, 2.05) is 0 Å². The van der Waals surface area contributed by atoms with Gasteiger partial charge in [0.15, 0.2) is 5.54 Å². The number of hydrogen-bond donors (Lipinski definition) is 4. The Bertz CT molecular complexity index is 795. The topological polar surface area (TPSA) is 139 Å². The number of hydrogen-bond acceptors (Lipinski definition) is 4. The van der Waals surface area contributed by atoms with Crippen LogP contribution in [-0.2, 0) is 16.9 Å². The second-order valence-corrected chi connectivity index (χ2v) is 5.91. The quantitative estimate of drug-likeness (QED) is 0.621. The number of carboxylic acids is 1. The van der Waals surface area contributed by atoms with Crippen LogP contribution in [0.4, 0.5) is 10.5 Å². The summed E-state index contributed by atoms with van der Waals surface area (Å²) < 4.78 is 1.27. The zero-order valence-electron chi connectivity index (χ0n) is 13.8. The van der Waals surface area contributed by atoms with E-state index in [1.165, 1.54) is 30.9 Å². The van der Waals surface area contributed by atoms with Crippen LogP contribution >= 0.6 is 0 Å². The molecule has 0 atom stereocenters. The minimum atomic E-state index is -1.22. The summed E-state index contributed by atoms with van der Waals surface area (Å²) in [6, 6.07) is 5.99. The average Bonchev–Trinajstić information content (AvgIpc) is 3.02. The highest BCUT2D eigenvalue weighted by Crippen LogP contribution is 2.18. The van der Waals surface area contributed by atoms with Crippen LogP contribution in [0.2, 0.25) is 0 Å². The average molecular weight is 345 g/mol. The zero-order valence-corrected chi connectivity index (χ0v) is 13.8. The molecule has 9 heteroatoms. The third kappa shape index (κ3) is 4.34. The molecule has 2 rings (SSSR count). The summed E-state index contributed by atoms with van der Waals surface area (Å²) in [5, 5.41) is 18.3. The number of carboxylic acid groups (broad SMARTS) is 1. The molecule has 1 aromatic heterocycles. The van der Waals surface area contributed by atoms with E-state index in [1.54, 1.807) is 24.3 Å². The molecule has 25 heavy (non-hydrogen) atoms. The van der Waals surface area contributed by atoms with Gasteiger partial charge in [-0.05, 0) is 31.5 Å². The molecular formula is C16H19N5O4. The molecule has 2 aromatic rings. The van der Waals surface area contributed by atoms with E-state index in [0.717, 1.165) is 5.56 Å². The monoisotopic (exact) mass is 345 g/mol. The van der Waals surface area contributed by atoms with Crippen molar-refractivity contribution in [1.82, 2.24) is 15.1 Å². The summed E-state index contributed by atoms with van der Waals surface area (Å²) >= 11 is 0. The Morgan fingerprint density at radius 3 is 2.44 bits per heavy atom. The van der Waals surface area contributed by atoms with E-state index in [9.17, 15) is 19.5 Å². The lowest BCUT2D eigenvalue weighted by Gasteiger charge is -2.19. The Hall–Kier alpha value is -3.36. The second-order valence-electron chi connectivity index (χ2n) is 5.91. The number of anilines is 1. The van der Waals surface area contributed by atoms with E-state index in [2.05, 4.69) is 15.7 Å². The van der Waals surface area contributed by atoms with Crippen LogP contribution in [0.5, 0.6) is 0 Å². The highest BCUT2D eigenvalue weighted by Gasteiger charge is 2.30. The van der Waals surface area contributed by atoms with E-state index in [0.29, 0.717) is 11.3 Å². The van der Waals surface area contributed by atoms with Gasteiger partial charge in [0.05, 0.1) is 11.9 Å². The van der Waals surface area contributed by atoms with Gasteiger partial charge in [-0.2, -0.15) is 5.10 Å². The summed E-state index contributed by atoms with van der Waals surface area (Å²) in [6.07, 6.45) is 2.84. The number of aromatic nitrogens is 2. The normalized spacial score (nSPS) is 11.0. The summed E-state index contributed by atoms with van der Waals surface area (Å²) in [5.74, 6) is -1.39. The molecule has 0 fully saturated rings. The van der Waals surface area contributed by atoms with Gasteiger partial charge in [0.25, 0.3) is 5.91 Å². The van der Waals surface area contributed by atoms with Crippen LogP contribution in [-0.4, -0.2) is 32.8 Å². The number of carbonyl (C=O) groups is 3. The van der Waals surface area contributed by atoms with Crippen LogP contribution in [0, 0.1) is 0 Å². The van der Waals surface area contributed by atoms with Gasteiger partial charge in [0.1, 0.15) is 0 Å². The standard InChI is InChI=1S/C16H19N5O4/c1-16(2,14(23)24)21-9-12(8-19-21)20-13(22)11-5-3-10(4-6-11)7-18-15(17)25/h3-6,8-9H,7H2,1-2H3,(H,20,22)(H,23,24)(H3,17,18,25). The third-order valence-corrected chi connectivity index (χ3v) is 3.62. The minimum absolute atomic E-state index is 0.272. The van der Waals surface area contributed by atoms with Crippen molar-refractivity contribution >= 4 is 23.6 Å². The highest BCUT2D eigenvalue weighted by molar-refractivity contribution is 6.04. The molecule has 0 unspecified atom stereocenters. The smallest absolute Gasteiger partial charge is 0.331 e. The maximum Gasteiger partial charge on any atom is 0.331 e. The van der Waals surface area contributed by atoms with E-state index >= 15 is 0 Å². The van der Waals surface area contributed by atoms with Gasteiger partial charge in [-0.1, -0.05) is 12.1 Å². The van der Waals surface area contributed by atoms with Gasteiger partial charge in [0.2, 0.25) is 0 Å². The lowest BCUT2D eigenvalue weighted by Crippen LogP contribution is -2.35. The number of carbonyl (C=O) groups excluding carboxylic acids is 2. The van der Waals surface area contributed by atoms with Gasteiger partial charge < -0.3 is 21.5 Å². The summed E-state index contributed by atoms with van der Waals surface area (Å²) in [5.41, 5.74) is 5.37. The van der Waals surface area contributed by atoms with Crippen LogP contribution in [0.25, 0.3) is 0 Å². The van der Waals surface area contributed by atoms with Crippen LogP contribution in [0.1, 0.15) is 29.8 Å². The van der Waals surface area contributed by atoms with Crippen molar-refractivity contribution in [3.8, 4) is 0 Å². The fourth-order valence-electron chi connectivity index (χ4n) is 1.96. The maximum atomic E-state index is 12.2. The molecule has 9 nitrogen and oxygen atoms in total. The van der Waals surface area contributed by atoms with Crippen molar-refractivity contribution in [3.05, 3.63) is 47.8 Å². The first-order chi connectivity index (χ1) is 11.7. The van der Waals surface area contributed by atoms with Crippen molar-refractivity contribution in [2.75, 3.05) is 5.32 Å².